The second kappa shape index (κ2) is 7.05. The molecule has 1 aromatic carbocycles. The van der Waals surface area contributed by atoms with Crippen molar-refractivity contribution in [2.24, 2.45) is 0 Å². The van der Waals surface area contributed by atoms with Crippen LogP contribution in [0.3, 0.4) is 0 Å². The first-order valence-corrected chi connectivity index (χ1v) is 7.33. The molecule has 124 valence electrons. The Kier molecular flexibility index (Phi) is 5.32. The van der Waals surface area contributed by atoms with Gasteiger partial charge in [0.2, 0.25) is 0 Å². The van der Waals surface area contributed by atoms with Gasteiger partial charge < -0.3 is 4.74 Å². The molecule has 0 radical (unpaired) electrons. The number of carbonyl (C=O) groups is 1. The molecule has 2 rings (SSSR count). The third-order valence-electron chi connectivity index (χ3n) is 2.74. The van der Waals surface area contributed by atoms with Crippen LogP contribution in [-0.2, 0) is 9.53 Å². The van der Waals surface area contributed by atoms with E-state index in [-0.39, 0.29) is 10.9 Å². The van der Waals surface area contributed by atoms with Crippen LogP contribution in [0.15, 0.2) is 29.6 Å². The summed E-state index contributed by atoms with van der Waals surface area (Å²) in [5.41, 5.74) is 1.18. The van der Waals surface area contributed by atoms with Crippen LogP contribution in [0.5, 0.6) is 0 Å². The molecular weight excluding hydrogens is 336 g/mol. The number of alkyl halides is 3. The van der Waals surface area contributed by atoms with Gasteiger partial charge in [-0.25, -0.2) is 9.37 Å². The monoisotopic (exact) mass is 348 g/mol. The molecule has 1 aromatic heterocycles. The zero-order valence-electron chi connectivity index (χ0n) is 11.9. The van der Waals surface area contributed by atoms with Gasteiger partial charge in [0, 0.05) is 10.9 Å². The lowest BCUT2D eigenvalue weighted by Gasteiger charge is -2.13. The van der Waals surface area contributed by atoms with Crippen molar-refractivity contribution < 1.29 is 27.1 Å². The highest BCUT2D eigenvalue weighted by molar-refractivity contribution is 7.14. The Morgan fingerprint density at radius 2 is 2.00 bits per heavy atom. The first-order valence-electron chi connectivity index (χ1n) is 6.45. The van der Waals surface area contributed by atoms with E-state index in [1.807, 2.05) is 0 Å². The Balaban J connectivity index is 1.96. The Morgan fingerprint density at radius 1 is 1.35 bits per heavy atom. The van der Waals surface area contributed by atoms with Crippen LogP contribution in [0.2, 0.25) is 0 Å². The minimum absolute atomic E-state index is 0.219. The topological polar surface area (TPSA) is 51.2 Å². The van der Waals surface area contributed by atoms with Gasteiger partial charge in [-0.3, -0.25) is 10.1 Å². The van der Waals surface area contributed by atoms with Crippen LogP contribution < -0.4 is 5.32 Å². The normalized spacial score (nSPS) is 12.9. The molecule has 1 heterocycles. The first kappa shape index (κ1) is 17.4. The zero-order valence-corrected chi connectivity index (χ0v) is 12.7. The van der Waals surface area contributed by atoms with E-state index in [0.29, 0.717) is 11.3 Å². The largest absolute Gasteiger partial charge is 0.411 e. The van der Waals surface area contributed by atoms with Gasteiger partial charge in [0.25, 0.3) is 5.91 Å². The molecule has 0 bridgehead atoms. The van der Waals surface area contributed by atoms with Crippen molar-refractivity contribution in [1.82, 2.24) is 4.98 Å². The van der Waals surface area contributed by atoms with Gasteiger partial charge in [-0.2, -0.15) is 13.2 Å². The van der Waals surface area contributed by atoms with E-state index >= 15 is 0 Å². The predicted molar refractivity (Wildman–Crippen MR) is 77.6 cm³/mol. The first-order chi connectivity index (χ1) is 10.7. The average molecular weight is 348 g/mol. The molecule has 1 atom stereocenters. The highest BCUT2D eigenvalue weighted by atomic mass is 32.1. The molecule has 0 spiro atoms. The second-order valence-corrected chi connectivity index (χ2v) is 5.46. The number of hydrogen-bond donors (Lipinski definition) is 1. The molecule has 4 nitrogen and oxygen atoms in total. The third kappa shape index (κ3) is 5.29. The van der Waals surface area contributed by atoms with Crippen LogP contribution in [0.4, 0.5) is 22.7 Å². The van der Waals surface area contributed by atoms with E-state index in [2.05, 4.69) is 15.0 Å². The van der Waals surface area contributed by atoms with Gasteiger partial charge in [-0.05, 0) is 31.2 Å². The second-order valence-electron chi connectivity index (χ2n) is 4.60. The Bertz CT molecular complexity index is 670. The molecular formula is C14H12F4N2O2S. The van der Waals surface area contributed by atoms with Crippen molar-refractivity contribution in [3.63, 3.8) is 0 Å². The van der Waals surface area contributed by atoms with E-state index in [0.717, 1.165) is 11.3 Å². The standard InChI is InChI=1S/C14H12F4N2O2S/c1-8(22-7-14(16,17)18)12(21)20-13-19-11(6-23-13)9-2-4-10(15)5-3-9/h2-6,8H,7H2,1H3,(H,19,20,21)/t8-/m1/s1. The molecule has 0 aliphatic rings. The Morgan fingerprint density at radius 3 is 2.61 bits per heavy atom. The number of nitrogens with zero attached hydrogens (tertiary/aromatic N) is 1. The number of hydrogen-bond acceptors (Lipinski definition) is 4. The lowest BCUT2D eigenvalue weighted by Crippen LogP contribution is -2.31. The summed E-state index contributed by atoms with van der Waals surface area (Å²) in [7, 11) is 0. The van der Waals surface area contributed by atoms with E-state index < -0.39 is 24.8 Å². The highest BCUT2D eigenvalue weighted by Gasteiger charge is 2.30. The quantitative estimate of drug-likeness (QED) is 0.835. The average Bonchev–Trinajstić information content (AvgIpc) is 2.93. The molecule has 1 amide bonds. The molecule has 9 heteroatoms. The number of halogens is 4. The smallest absolute Gasteiger partial charge is 0.359 e. The van der Waals surface area contributed by atoms with Crippen LogP contribution in [-0.4, -0.2) is 29.8 Å². The molecule has 0 saturated carbocycles. The molecule has 2 aromatic rings. The minimum Gasteiger partial charge on any atom is -0.359 e. The van der Waals surface area contributed by atoms with E-state index in [1.54, 1.807) is 5.38 Å². The molecule has 0 unspecified atom stereocenters. The Labute approximate surface area is 133 Å². The number of amides is 1. The molecule has 0 aliphatic heterocycles. The summed E-state index contributed by atoms with van der Waals surface area (Å²) >= 11 is 1.10. The van der Waals surface area contributed by atoms with Crippen molar-refractivity contribution >= 4 is 22.4 Å². The molecule has 1 N–H and O–H groups in total. The van der Waals surface area contributed by atoms with Crippen LogP contribution in [0, 0.1) is 5.82 Å². The van der Waals surface area contributed by atoms with Crippen molar-refractivity contribution in [3.8, 4) is 11.3 Å². The number of rotatable bonds is 5. The minimum atomic E-state index is -4.49. The van der Waals surface area contributed by atoms with Crippen LogP contribution >= 0.6 is 11.3 Å². The van der Waals surface area contributed by atoms with E-state index in [1.165, 1.54) is 31.2 Å². The van der Waals surface area contributed by atoms with Gasteiger partial charge in [0.05, 0.1) is 5.69 Å². The lowest BCUT2D eigenvalue weighted by molar-refractivity contribution is -0.184. The van der Waals surface area contributed by atoms with Crippen LogP contribution in [0.25, 0.3) is 11.3 Å². The van der Waals surface area contributed by atoms with Crippen molar-refractivity contribution in [2.45, 2.75) is 19.2 Å². The van der Waals surface area contributed by atoms with E-state index in [4.69, 9.17) is 0 Å². The number of carbonyl (C=O) groups excluding carboxylic acids is 1. The summed E-state index contributed by atoms with van der Waals surface area (Å²) < 4.78 is 53.4. The van der Waals surface area contributed by atoms with Gasteiger partial charge in [-0.15, -0.1) is 11.3 Å². The maximum absolute atomic E-state index is 12.9. The number of benzene rings is 1. The van der Waals surface area contributed by atoms with Crippen molar-refractivity contribution in [1.29, 1.82) is 0 Å². The Hall–Kier alpha value is -2.00. The predicted octanol–water partition coefficient (Wildman–Crippen LogP) is 3.86. The zero-order chi connectivity index (χ0) is 17.0. The fourth-order valence-electron chi connectivity index (χ4n) is 1.59. The van der Waals surface area contributed by atoms with Gasteiger partial charge >= 0.3 is 6.18 Å². The summed E-state index contributed by atoms with van der Waals surface area (Å²) in [6.07, 6.45) is -5.76. The van der Waals surface area contributed by atoms with Crippen molar-refractivity contribution in [2.75, 3.05) is 11.9 Å². The highest BCUT2D eigenvalue weighted by Crippen LogP contribution is 2.25. The maximum atomic E-state index is 12.9. The summed E-state index contributed by atoms with van der Waals surface area (Å²) in [4.78, 5) is 15.9. The van der Waals surface area contributed by atoms with Crippen molar-refractivity contribution in [3.05, 3.63) is 35.5 Å². The summed E-state index contributed by atoms with van der Waals surface area (Å²) in [5.74, 6) is -1.11. The maximum Gasteiger partial charge on any atom is 0.411 e. The summed E-state index contributed by atoms with van der Waals surface area (Å²) in [6.45, 7) is -0.282. The van der Waals surface area contributed by atoms with Gasteiger partial charge in [0.1, 0.15) is 18.5 Å². The number of thiazole rings is 1. The molecule has 0 aliphatic carbocycles. The SMILES string of the molecule is C[C@@H](OCC(F)(F)F)C(=O)Nc1nc(-c2ccc(F)cc2)cs1. The number of ether oxygens (including phenoxy) is 1. The summed E-state index contributed by atoms with van der Waals surface area (Å²) in [6, 6.07) is 5.62. The fourth-order valence-corrected chi connectivity index (χ4v) is 2.31. The van der Waals surface area contributed by atoms with Gasteiger partial charge in [-0.1, -0.05) is 0 Å². The van der Waals surface area contributed by atoms with Gasteiger partial charge in [0.15, 0.2) is 5.13 Å². The number of nitrogens with one attached hydrogen (secondary N) is 1. The molecule has 23 heavy (non-hydrogen) atoms. The van der Waals surface area contributed by atoms with Crippen LogP contribution in [0.1, 0.15) is 6.92 Å². The third-order valence-corrected chi connectivity index (χ3v) is 3.50. The van der Waals surface area contributed by atoms with E-state index in [9.17, 15) is 22.4 Å². The lowest BCUT2D eigenvalue weighted by atomic mass is 10.2. The summed E-state index contributed by atoms with van der Waals surface area (Å²) in [5, 5.41) is 4.24. The molecule has 0 fully saturated rings. The number of aromatic nitrogens is 1. The fraction of sp³-hybridized carbons (Fsp3) is 0.286. The molecule has 0 saturated heterocycles. The number of anilines is 1.